The maximum absolute atomic E-state index is 11.5. The van der Waals surface area contributed by atoms with E-state index in [0.717, 1.165) is 10.9 Å². The highest BCUT2D eigenvalue weighted by Crippen LogP contribution is 2.35. The van der Waals surface area contributed by atoms with Crippen LogP contribution in [0.5, 0.6) is 0 Å². The van der Waals surface area contributed by atoms with Gasteiger partial charge < -0.3 is 33.8 Å². The topological polar surface area (TPSA) is 99.4 Å². The highest BCUT2D eigenvalue weighted by molar-refractivity contribution is 5.80. The first kappa shape index (κ1) is 20.2. The van der Waals surface area contributed by atoms with Crippen molar-refractivity contribution in [1.82, 2.24) is 0 Å². The summed E-state index contributed by atoms with van der Waals surface area (Å²) in [5.74, 6) is 0. The van der Waals surface area contributed by atoms with Crippen LogP contribution in [0.15, 0.2) is 69.9 Å². The Kier molecular flexibility index (Phi) is 5.47. The van der Waals surface area contributed by atoms with Gasteiger partial charge >= 0.3 is 5.63 Å². The summed E-state index contributed by atoms with van der Waals surface area (Å²) < 4.78 is 28.7. The van der Waals surface area contributed by atoms with E-state index >= 15 is 0 Å². The van der Waals surface area contributed by atoms with Crippen molar-refractivity contribution < 1.29 is 28.5 Å². The molecule has 2 aliphatic heterocycles. The lowest BCUT2D eigenvalue weighted by Crippen LogP contribution is -2.64. The lowest BCUT2D eigenvalue weighted by molar-refractivity contribution is -0.337. The predicted octanol–water partition coefficient (Wildman–Crippen LogP) is 2.42. The second-order valence-corrected chi connectivity index (χ2v) is 7.62. The molecule has 2 aromatic carbocycles. The lowest BCUT2D eigenvalue weighted by Gasteiger charge is -2.47. The molecule has 2 aliphatic rings. The molecular formula is C23H23NO7. The molecule has 0 saturated carbocycles. The first-order chi connectivity index (χ1) is 15.1. The van der Waals surface area contributed by atoms with E-state index in [2.05, 4.69) is 5.32 Å². The van der Waals surface area contributed by atoms with Crippen molar-refractivity contribution >= 4 is 16.7 Å². The van der Waals surface area contributed by atoms with E-state index < -0.39 is 42.6 Å². The van der Waals surface area contributed by atoms with E-state index in [-0.39, 0.29) is 6.61 Å². The van der Waals surface area contributed by atoms with Crippen molar-refractivity contribution in [3.8, 4) is 0 Å². The number of ether oxygens (including phenoxy) is 4. The van der Waals surface area contributed by atoms with Gasteiger partial charge in [-0.2, -0.15) is 0 Å². The number of hydrogen-bond donors (Lipinski definition) is 2. The second kappa shape index (κ2) is 8.41. The minimum Gasteiger partial charge on any atom is -0.423 e. The molecule has 0 aliphatic carbocycles. The Bertz CT molecular complexity index is 1100. The number of aliphatic hydroxyl groups is 1. The van der Waals surface area contributed by atoms with Crippen LogP contribution in [0.3, 0.4) is 0 Å². The number of benzene rings is 2. The summed E-state index contributed by atoms with van der Waals surface area (Å²) in [5.41, 5.74) is 1.55. The molecule has 8 heteroatoms. The van der Waals surface area contributed by atoms with Crippen LogP contribution in [0.2, 0.25) is 0 Å². The summed E-state index contributed by atoms with van der Waals surface area (Å²) in [6.07, 6.45) is -3.32. The van der Waals surface area contributed by atoms with E-state index in [4.69, 9.17) is 23.4 Å². The van der Waals surface area contributed by atoms with Gasteiger partial charge in [0, 0.05) is 35.9 Å². The van der Waals surface area contributed by atoms with Gasteiger partial charge in [0.2, 0.25) is 0 Å². The van der Waals surface area contributed by atoms with Crippen LogP contribution < -0.4 is 10.9 Å². The number of fused-ring (bicyclic) bond motifs is 2. The molecule has 1 aromatic heterocycles. The van der Waals surface area contributed by atoms with Gasteiger partial charge in [0.15, 0.2) is 12.6 Å². The third-order valence-corrected chi connectivity index (χ3v) is 5.63. The molecule has 31 heavy (non-hydrogen) atoms. The molecule has 3 aromatic rings. The van der Waals surface area contributed by atoms with Crippen LogP contribution in [-0.2, 0) is 18.9 Å². The van der Waals surface area contributed by atoms with E-state index in [1.807, 2.05) is 42.5 Å². The highest BCUT2D eigenvalue weighted by Gasteiger charge is 2.49. The van der Waals surface area contributed by atoms with Crippen molar-refractivity contribution in [2.45, 2.75) is 36.9 Å². The molecule has 6 atom stereocenters. The summed E-state index contributed by atoms with van der Waals surface area (Å²) in [6.45, 7) is 0.273. The quantitative estimate of drug-likeness (QED) is 0.615. The number of aliphatic hydroxyl groups excluding tert-OH is 1. The van der Waals surface area contributed by atoms with Gasteiger partial charge in [-0.05, 0) is 18.2 Å². The maximum atomic E-state index is 11.5. The SMILES string of the molecule is CO[C@H]1O[C@@H]2COC(c3ccccc3)O[C@H]2[C@H](O)[C@H]1Nc1ccc2ccc(=O)oc2c1. The Labute approximate surface area is 178 Å². The smallest absolute Gasteiger partial charge is 0.336 e. The first-order valence-electron chi connectivity index (χ1n) is 10.1. The summed E-state index contributed by atoms with van der Waals surface area (Å²) in [7, 11) is 1.52. The molecule has 2 fully saturated rings. The molecule has 2 saturated heterocycles. The number of rotatable bonds is 4. The van der Waals surface area contributed by atoms with Crippen molar-refractivity contribution in [3.05, 3.63) is 76.6 Å². The van der Waals surface area contributed by atoms with Gasteiger partial charge in [-0.1, -0.05) is 30.3 Å². The Morgan fingerprint density at radius 3 is 2.68 bits per heavy atom. The third kappa shape index (κ3) is 3.96. The van der Waals surface area contributed by atoms with Gasteiger partial charge in [-0.25, -0.2) is 4.79 Å². The van der Waals surface area contributed by atoms with Gasteiger partial charge in [-0.3, -0.25) is 0 Å². The minimum absolute atomic E-state index is 0.273. The molecule has 3 heterocycles. The zero-order valence-electron chi connectivity index (χ0n) is 16.8. The first-order valence-corrected chi connectivity index (χ1v) is 10.1. The fourth-order valence-corrected chi connectivity index (χ4v) is 4.07. The average molecular weight is 425 g/mol. The summed E-state index contributed by atoms with van der Waals surface area (Å²) in [6, 6.07) is 17.4. The Morgan fingerprint density at radius 2 is 1.87 bits per heavy atom. The lowest BCUT2D eigenvalue weighted by atomic mass is 9.95. The Balaban J connectivity index is 1.38. The van der Waals surface area contributed by atoms with Crippen molar-refractivity contribution in [2.24, 2.45) is 0 Å². The molecule has 0 bridgehead atoms. The molecule has 0 spiro atoms. The molecule has 5 rings (SSSR count). The summed E-state index contributed by atoms with van der Waals surface area (Å²) >= 11 is 0. The van der Waals surface area contributed by atoms with Crippen molar-refractivity contribution in [1.29, 1.82) is 0 Å². The van der Waals surface area contributed by atoms with E-state index in [1.54, 1.807) is 12.1 Å². The van der Waals surface area contributed by atoms with Crippen LogP contribution in [-0.4, -0.2) is 49.5 Å². The molecule has 1 unspecified atom stereocenters. The van der Waals surface area contributed by atoms with Crippen LogP contribution in [0.25, 0.3) is 11.0 Å². The van der Waals surface area contributed by atoms with E-state index in [0.29, 0.717) is 11.3 Å². The number of anilines is 1. The summed E-state index contributed by atoms with van der Waals surface area (Å²) in [5, 5.41) is 15.2. The van der Waals surface area contributed by atoms with Crippen molar-refractivity contribution in [2.75, 3.05) is 19.0 Å². The molecule has 0 radical (unpaired) electrons. The molecular weight excluding hydrogens is 402 g/mol. The highest BCUT2D eigenvalue weighted by atomic mass is 16.7. The van der Waals surface area contributed by atoms with Crippen LogP contribution in [0.4, 0.5) is 5.69 Å². The van der Waals surface area contributed by atoms with E-state index in [9.17, 15) is 9.90 Å². The normalized spacial score (nSPS) is 30.6. The zero-order chi connectivity index (χ0) is 21.4. The van der Waals surface area contributed by atoms with E-state index in [1.165, 1.54) is 13.2 Å². The van der Waals surface area contributed by atoms with Crippen LogP contribution >= 0.6 is 0 Å². The number of hydrogen-bond acceptors (Lipinski definition) is 8. The monoisotopic (exact) mass is 425 g/mol. The van der Waals surface area contributed by atoms with Gasteiger partial charge in [-0.15, -0.1) is 0 Å². The Hall–Kier alpha value is -2.75. The predicted molar refractivity (Wildman–Crippen MR) is 112 cm³/mol. The number of methoxy groups -OCH3 is 1. The average Bonchev–Trinajstić information content (AvgIpc) is 2.81. The third-order valence-electron chi connectivity index (χ3n) is 5.63. The molecule has 162 valence electrons. The fraction of sp³-hybridized carbons (Fsp3) is 0.348. The van der Waals surface area contributed by atoms with Gasteiger partial charge in [0.25, 0.3) is 0 Å². The van der Waals surface area contributed by atoms with Crippen LogP contribution in [0, 0.1) is 0 Å². The molecule has 2 N–H and O–H groups in total. The van der Waals surface area contributed by atoms with Gasteiger partial charge in [0.1, 0.15) is 29.9 Å². The summed E-state index contributed by atoms with van der Waals surface area (Å²) in [4.78, 5) is 11.5. The standard InChI is InChI=1S/C23H23NO7/c1-27-23-19(24-15-9-7-13-8-10-18(25)29-16(13)11-15)20(26)21-17(30-23)12-28-22(31-21)14-5-3-2-4-6-14/h2-11,17,19-24,26H,12H2,1H3/t17-,19-,20-,21-,22?,23+/m1/s1. The number of nitrogens with one attached hydrogen (secondary N) is 1. The van der Waals surface area contributed by atoms with Gasteiger partial charge in [0.05, 0.1) is 6.61 Å². The molecule has 0 amide bonds. The Morgan fingerprint density at radius 1 is 1.06 bits per heavy atom. The molecule has 8 nitrogen and oxygen atoms in total. The van der Waals surface area contributed by atoms with Crippen LogP contribution in [0.1, 0.15) is 11.9 Å². The maximum Gasteiger partial charge on any atom is 0.336 e. The van der Waals surface area contributed by atoms with Crippen molar-refractivity contribution in [3.63, 3.8) is 0 Å². The fourth-order valence-electron chi connectivity index (χ4n) is 4.07. The minimum atomic E-state index is -0.933. The second-order valence-electron chi connectivity index (χ2n) is 7.62. The zero-order valence-corrected chi connectivity index (χ0v) is 16.8. The largest absolute Gasteiger partial charge is 0.423 e.